The molecule has 1 aromatic carbocycles. The lowest BCUT2D eigenvalue weighted by atomic mass is 9.35. The molecule has 206 valence electrons. The number of benzene rings is 1. The van der Waals surface area contributed by atoms with Crippen LogP contribution < -0.4 is 0 Å². The number of carbonyl (C=O) groups excluding carboxylic acids is 4. The van der Waals surface area contributed by atoms with Gasteiger partial charge in [-0.3, -0.25) is 19.2 Å². The van der Waals surface area contributed by atoms with E-state index in [-0.39, 0.29) is 28.7 Å². The largest absolute Gasteiger partial charge is 0.507 e. The Morgan fingerprint density at radius 3 is 2.08 bits per heavy atom. The van der Waals surface area contributed by atoms with Gasteiger partial charge in [0.2, 0.25) is 5.78 Å². The van der Waals surface area contributed by atoms with Crippen molar-refractivity contribution >= 4 is 23.1 Å². The second-order valence-electron chi connectivity index (χ2n) is 13.8. The molecule has 0 radical (unpaired) electrons. The minimum atomic E-state index is -2.55. The monoisotopic (exact) mass is 522 g/mol. The Hall–Kier alpha value is -2.60. The highest BCUT2D eigenvalue weighted by molar-refractivity contribution is 6.33. The van der Waals surface area contributed by atoms with Gasteiger partial charge < -0.3 is 10.2 Å². The Bertz CT molecular complexity index is 1330. The number of ketones is 4. The van der Waals surface area contributed by atoms with Gasteiger partial charge in [0.05, 0.1) is 17.1 Å². The lowest BCUT2D eigenvalue weighted by Gasteiger charge is -2.66. The van der Waals surface area contributed by atoms with Crippen molar-refractivity contribution in [3.63, 3.8) is 0 Å². The first kappa shape index (κ1) is 28.4. The molecule has 4 rings (SSSR count). The number of aliphatic hydroxyl groups is 1. The van der Waals surface area contributed by atoms with Gasteiger partial charge >= 0.3 is 0 Å². The molecule has 1 unspecified atom stereocenters. The third-order valence-corrected chi connectivity index (χ3v) is 10.9. The maximum absolute atomic E-state index is 14.6. The van der Waals surface area contributed by atoms with Crippen molar-refractivity contribution in [3.05, 3.63) is 40.0 Å². The molecule has 1 fully saturated rings. The summed E-state index contributed by atoms with van der Waals surface area (Å²) in [6.07, 6.45) is 0. The Labute approximate surface area is 225 Å². The fraction of sp³-hybridized carbons (Fsp3) is 0.625. The second kappa shape index (κ2) is 8.20. The second-order valence-corrected chi connectivity index (χ2v) is 13.8. The van der Waals surface area contributed by atoms with Crippen molar-refractivity contribution in [3.8, 4) is 5.75 Å². The molecule has 3 aliphatic carbocycles. The maximum atomic E-state index is 14.6. The predicted octanol–water partition coefficient (Wildman–Crippen LogP) is 5.33. The molecule has 0 amide bonds. The van der Waals surface area contributed by atoms with Crippen molar-refractivity contribution in [2.24, 2.45) is 34.5 Å². The molecule has 0 saturated heterocycles. The lowest BCUT2D eigenvalue weighted by Crippen LogP contribution is -2.77. The van der Waals surface area contributed by atoms with Gasteiger partial charge in [-0.15, -0.1) is 0 Å². The first-order valence-corrected chi connectivity index (χ1v) is 13.7. The van der Waals surface area contributed by atoms with Crippen LogP contribution in [0.3, 0.4) is 0 Å². The Morgan fingerprint density at radius 2 is 1.61 bits per heavy atom. The lowest BCUT2D eigenvalue weighted by molar-refractivity contribution is -0.211. The van der Waals surface area contributed by atoms with Crippen LogP contribution in [-0.2, 0) is 19.8 Å². The van der Waals surface area contributed by atoms with Crippen LogP contribution in [0, 0.1) is 34.5 Å². The van der Waals surface area contributed by atoms with E-state index in [1.807, 2.05) is 67.5 Å². The van der Waals surface area contributed by atoms with Crippen LogP contribution in [-0.4, -0.2) is 38.9 Å². The highest BCUT2D eigenvalue weighted by Gasteiger charge is 2.77. The van der Waals surface area contributed by atoms with E-state index in [1.54, 1.807) is 13.8 Å². The zero-order valence-corrected chi connectivity index (χ0v) is 24.6. The summed E-state index contributed by atoms with van der Waals surface area (Å²) in [6, 6.07) is 3.73. The van der Waals surface area contributed by atoms with E-state index in [2.05, 4.69) is 0 Å². The quantitative estimate of drug-likeness (QED) is 0.402. The summed E-state index contributed by atoms with van der Waals surface area (Å²) in [7, 11) is 0. The molecule has 6 nitrogen and oxygen atoms in total. The van der Waals surface area contributed by atoms with Gasteiger partial charge in [-0.2, -0.15) is 0 Å². The number of allylic oxidation sites excluding steroid dienone is 1. The van der Waals surface area contributed by atoms with E-state index < -0.39 is 62.7 Å². The van der Waals surface area contributed by atoms with Crippen LogP contribution in [0.5, 0.6) is 5.75 Å². The fourth-order valence-electron chi connectivity index (χ4n) is 8.75. The zero-order chi connectivity index (χ0) is 29.1. The molecule has 38 heavy (non-hydrogen) atoms. The van der Waals surface area contributed by atoms with Gasteiger partial charge in [0.1, 0.15) is 5.75 Å². The number of hydrogen-bond donors (Lipinski definition) is 2. The van der Waals surface area contributed by atoms with Crippen LogP contribution in [0.4, 0.5) is 0 Å². The number of aromatic hydroxyl groups is 1. The van der Waals surface area contributed by atoms with Crippen molar-refractivity contribution < 1.29 is 29.4 Å². The zero-order valence-electron chi connectivity index (χ0n) is 24.6. The highest BCUT2D eigenvalue weighted by atomic mass is 16.3. The number of hydrogen-bond acceptors (Lipinski definition) is 6. The van der Waals surface area contributed by atoms with Crippen LogP contribution in [0.2, 0.25) is 0 Å². The van der Waals surface area contributed by atoms with Crippen LogP contribution in [0.1, 0.15) is 104 Å². The molecular formula is C32H42O6. The molecule has 0 aromatic heterocycles. The van der Waals surface area contributed by atoms with E-state index in [9.17, 15) is 29.4 Å². The first-order valence-electron chi connectivity index (χ1n) is 13.7. The molecule has 7 atom stereocenters. The minimum absolute atomic E-state index is 0.0929. The number of fused-ring (bicyclic) bond motifs is 3. The normalized spacial score (nSPS) is 37.2. The summed E-state index contributed by atoms with van der Waals surface area (Å²) >= 11 is 0. The maximum Gasteiger partial charge on any atom is 0.206 e. The molecule has 0 heterocycles. The average Bonchev–Trinajstić information content (AvgIpc) is 2.78. The standard InChI is InChI=1S/C32H42O6/c1-14(2)23-15(3)21(17(5)33)27(36)32(38)28(37)24-26(35)22-19(12-13-20(25(22)34)29(7,8)9)16(4)30(24,10)18(6)31(23,32)11/h12-14,16,18,23-24,34,38H,1-11H3/t16-,18-,23+,24?,30-,31-,32+/m0/s1. The van der Waals surface area contributed by atoms with Gasteiger partial charge in [0.15, 0.2) is 23.0 Å². The summed E-state index contributed by atoms with van der Waals surface area (Å²) in [5, 5.41) is 23.7. The third kappa shape index (κ3) is 3.04. The topological polar surface area (TPSA) is 109 Å². The van der Waals surface area contributed by atoms with Crippen molar-refractivity contribution in [2.45, 2.75) is 93.1 Å². The average molecular weight is 523 g/mol. The van der Waals surface area contributed by atoms with Gasteiger partial charge in [-0.05, 0) is 59.5 Å². The smallest absolute Gasteiger partial charge is 0.206 e. The number of carbonyl (C=O) groups is 4. The van der Waals surface area contributed by atoms with E-state index in [0.29, 0.717) is 16.7 Å². The summed E-state index contributed by atoms with van der Waals surface area (Å²) in [6.45, 7) is 20.4. The van der Waals surface area contributed by atoms with E-state index in [0.717, 1.165) is 0 Å². The number of phenolic OH excluding ortho intramolecular Hbond substituents is 1. The fourth-order valence-corrected chi connectivity index (χ4v) is 8.75. The summed E-state index contributed by atoms with van der Waals surface area (Å²) in [5.41, 5.74) is -3.39. The Kier molecular flexibility index (Phi) is 6.13. The van der Waals surface area contributed by atoms with Gasteiger partial charge in [0.25, 0.3) is 0 Å². The molecular weight excluding hydrogens is 480 g/mol. The molecule has 2 N–H and O–H groups in total. The van der Waals surface area contributed by atoms with Crippen LogP contribution >= 0.6 is 0 Å². The molecule has 3 aliphatic rings. The molecule has 6 heteroatoms. The predicted molar refractivity (Wildman–Crippen MR) is 145 cm³/mol. The van der Waals surface area contributed by atoms with Crippen LogP contribution in [0.15, 0.2) is 23.3 Å². The number of rotatable bonds is 2. The summed E-state index contributed by atoms with van der Waals surface area (Å²) < 4.78 is 0. The minimum Gasteiger partial charge on any atom is -0.507 e. The van der Waals surface area contributed by atoms with E-state index in [1.165, 1.54) is 6.92 Å². The van der Waals surface area contributed by atoms with Gasteiger partial charge in [-0.1, -0.05) is 80.0 Å². The molecule has 1 saturated carbocycles. The summed E-state index contributed by atoms with van der Waals surface area (Å²) in [4.78, 5) is 55.6. The van der Waals surface area contributed by atoms with Crippen LogP contribution in [0.25, 0.3) is 0 Å². The van der Waals surface area contributed by atoms with Crippen molar-refractivity contribution in [1.29, 1.82) is 0 Å². The Balaban J connectivity index is 2.09. The van der Waals surface area contributed by atoms with Gasteiger partial charge in [-0.25, -0.2) is 0 Å². The van der Waals surface area contributed by atoms with Crippen molar-refractivity contribution in [1.82, 2.24) is 0 Å². The number of phenols is 1. The van der Waals surface area contributed by atoms with E-state index >= 15 is 0 Å². The highest BCUT2D eigenvalue weighted by Crippen LogP contribution is 2.69. The van der Waals surface area contributed by atoms with Crippen molar-refractivity contribution in [2.75, 3.05) is 0 Å². The molecule has 0 aliphatic heterocycles. The van der Waals surface area contributed by atoms with Gasteiger partial charge in [0, 0.05) is 5.41 Å². The molecule has 0 bridgehead atoms. The summed E-state index contributed by atoms with van der Waals surface area (Å²) in [5.74, 6) is -5.66. The molecule has 0 spiro atoms. The SMILES string of the molecule is CC(=O)C1=C(C)[C@@H](C(C)C)[C@]2(C)[C@@H](C)[C@@]3(C)C(C(=O)c4c(ccc(C(C)(C)C)c4O)[C@@H]3C)C(=O)[C@]2(O)C1=O. The van der Waals surface area contributed by atoms with E-state index in [4.69, 9.17) is 0 Å². The Morgan fingerprint density at radius 1 is 1.05 bits per heavy atom. The number of Topliss-reactive ketones (excluding diaryl/α,β-unsaturated/α-hetero) is 4. The molecule has 1 aromatic rings. The first-order chi connectivity index (χ1) is 17.2. The third-order valence-electron chi connectivity index (χ3n) is 10.9.